The van der Waals surface area contributed by atoms with Crippen LogP contribution in [0.3, 0.4) is 0 Å². The van der Waals surface area contributed by atoms with Crippen LogP contribution in [0.2, 0.25) is 0 Å². The van der Waals surface area contributed by atoms with E-state index in [2.05, 4.69) is 71.0 Å². The van der Waals surface area contributed by atoms with Gasteiger partial charge in [0.1, 0.15) is 0 Å². The molecule has 0 N–H and O–H groups in total. The molecular formula is C13H23N. The van der Waals surface area contributed by atoms with Crippen molar-refractivity contribution in [2.75, 3.05) is 0 Å². The fourth-order valence-electron chi connectivity index (χ4n) is 1.51. The average molecular weight is 193 g/mol. The number of hydrogen-bond acceptors (Lipinski definition) is 1. The molecule has 0 aromatic heterocycles. The van der Waals surface area contributed by atoms with E-state index in [4.69, 9.17) is 0 Å². The van der Waals surface area contributed by atoms with Gasteiger partial charge in [0.15, 0.2) is 0 Å². The van der Waals surface area contributed by atoms with Crippen LogP contribution in [0.25, 0.3) is 0 Å². The van der Waals surface area contributed by atoms with Crippen molar-refractivity contribution in [1.82, 2.24) is 4.90 Å². The highest BCUT2D eigenvalue weighted by atomic mass is 15.2. The molecule has 0 spiro atoms. The summed E-state index contributed by atoms with van der Waals surface area (Å²) in [5.74, 6) is 0.557. The van der Waals surface area contributed by atoms with Gasteiger partial charge in [0.2, 0.25) is 0 Å². The van der Waals surface area contributed by atoms with Crippen LogP contribution in [-0.2, 0) is 0 Å². The Hall–Kier alpha value is -0.720. The van der Waals surface area contributed by atoms with Crippen LogP contribution in [0.4, 0.5) is 0 Å². The first-order chi connectivity index (χ1) is 6.21. The Morgan fingerprint density at radius 2 is 1.29 bits per heavy atom. The molecule has 1 nitrogen and oxygen atoms in total. The number of nitrogens with zero attached hydrogens (tertiary/aromatic N) is 1. The second-order valence-electron chi connectivity index (χ2n) is 6.15. The number of rotatable bonds is 0. The number of hydrogen-bond donors (Lipinski definition) is 0. The van der Waals surface area contributed by atoms with E-state index >= 15 is 0 Å². The van der Waals surface area contributed by atoms with Crippen molar-refractivity contribution in [3.63, 3.8) is 0 Å². The van der Waals surface area contributed by atoms with Crippen LogP contribution in [-0.4, -0.2) is 10.4 Å². The van der Waals surface area contributed by atoms with Gasteiger partial charge in [-0.25, -0.2) is 0 Å². The highest BCUT2D eigenvalue weighted by Gasteiger charge is 2.24. The van der Waals surface area contributed by atoms with Crippen molar-refractivity contribution in [3.8, 4) is 0 Å². The monoisotopic (exact) mass is 193 g/mol. The van der Waals surface area contributed by atoms with Crippen LogP contribution < -0.4 is 0 Å². The van der Waals surface area contributed by atoms with E-state index in [1.165, 1.54) is 0 Å². The molecule has 1 aliphatic heterocycles. The van der Waals surface area contributed by atoms with Crippen LogP contribution in [0, 0.1) is 11.3 Å². The smallest absolute Gasteiger partial charge is 0.0355 e. The van der Waals surface area contributed by atoms with Crippen molar-refractivity contribution < 1.29 is 0 Å². The summed E-state index contributed by atoms with van der Waals surface area (Å²) < 4.78 is 0. The fraction of sp³-hybridized carbons (Fsp3) is 0.692. The summed E-state index contributed by atoms with van der Waals surface area (Å²) in [6.07, 6.45) is 9.00. The Bertz CT molecular complexity index is 207. The molecule has 0 fully saturated rings. The quantitative estimate of drug-likeness (QED) is 0.566. The third-order valence-corrected chi connectivity index (χ3v) is 2.68. The van der Waals surface area contributed by atoms with Gasteiger partial charge in [-0.2, -0.15) is 0 Å². The normalized spacial score (nSPS) is 19.1. The van der Waals surface area contributed by atoms with Gasteiger partial charge < -0.3 is 4.90 Å². The Balaban J connectivity index is 2.72. The minimum absolute atomic E-state index is 0.190. The summed E-state index contributed by atoms with van der Waals surface area (Å²) in [6, 6.07) is 0. The summed E-state index contributed by atoms with van der Waals surface area (Å²) in [5.41, 5.74) is 0.521. The molecule has 80 valence electrons. The predicted molar refractivity (Wildman–Crippen MR) is 62.8 cm³/mol. The molecule has 0 aromatic carbocycles. The van der Waals surface area contributed by atoms with Crippen molar-refractivity contribution in [3.05, 3.63) is 24.6 Å². The number of allylic oxidation sites excluding steroid dienone is 2. The molecule has 1 rings (SSSR count). The lowest BCUT2D eigenvalue weighted by atomic mass is 9.80. The minimum atomic E-state index is 0.190. The van der Waals surface area contributed by atoms with Crippen LogP contribution in [0.5, 0.6) is 0 Å². The van der Waals surface area contributed by atoms with Gasteiger partial charge in [0.05, 0.1) is 0 Å². The van der Waals surface area contributed by atoms with Crippen molar-refractivity contribution in [2.45, 2.75) is 47.1 Å². The second kappa shape index (κ2) is 3.45. The Labute approximate surface area is 88.5 Å². The molecule has 0 unspecified atom stereocenters. The van der Waals surface area contributed by atoms with Crippen LogP contribution in [0.15, 0.2) is 24.6 Å². The van der Waals surface area contributed by atoms with Gasteiger partial charge >= 0.3 is 0 Å². The third kappa shape index (κ3) is 2.63. The molecule has 0 amide bonds. The standard InChI is InChI=1S/C13H23N/c1-12(2,3)11-7-9-14(10-8-11)13(4,5)6/h7-11H,1-6H3. The highest BCUT2D eigenvalue weighted by Crippen LogP contribution is 2.31. The summed E-state index contributed by atoms with van der Waals surface area (Å²) in [5, 5.41) is 0. The van der Waals surface area contributed by atoms with Gasteiger partial charge in [-0.3, -0.25) is 0 Å². The van der Waals surface area contributed by atoms with E-state index < -0.39 is 0 Å². The molecule has 0 aromatic rings. The van der Waals surface area contributed by atoms with E-state index in [-0.39, 0.29) is 5.54 Å². The first-order valence-corrected chi connectivity index (χ1v) is 5.36. The highest BCUT2D eigenvalue weighted by molar-refractivity contribution is 5.13. The topological polar surface area (TPSA) is 3.24 Å². The maximum Gasteiger partial charge on any atom is 0.0355 e. The van der Waals surface area contributed by atoms with Gasteiger partial charge in [-0.1, -0.05) is 32.9 Å². The summed E-state index contributed by atoms with van der Waals surface area (Å²) >= 11 is 0. The lowest BCUT2D eigenvalue weighted by molar-refractivity contribution is 0.259. The first-order valence-electron chi connectivity index (χ1n) is 5.36. The average Bonchev–Trinajstić information content (AvgIpc) is 2.01. The lowest BCUT2D eigenvalue weighted by Gasteiger charge is -2.36. The van der Waals surface area contributed by atoms with E-state index in [0.717, 1.165) is 0 Å². The van der Waals surface area contributed by atoms with E-state index in [0.29, 0.717) is 11.3 Å². The maximum atomic E-state index is 2.30. The fourth-order valence-corrected chi connectivity index (χ4v) is 1.51. The molecule has 14 heavy (non-hydrogen) atoms. The largest absolute Gasteiger partial charge is 0.350 e. The molecule has 0 aliphatic carbocycles. The molecule has 0 radical (unpaired) electrons. The molecule has 0 atom stereocenters. The van der Waals surface area contributed by atoms with Crippen LogP contribution >= 0.6 is 0 Å². The van der Waals surface area contributed by atoms with Gasteiger partial charge in [-0.05, 0) is 26.2 Å². The molecule has 0 saturated heterocycles. The SMILES string of the molecule is CC(C)(C)C1C=CN(C(C)(C)C)C=C1. The first kappa shape index (κ1) is 11.4. The second-order valence-corrected chi connectivity index (χ2v) is 6.15. The lowest BCUT2D eigenvalue weighted by Crippen LogP contribution is -2.35. The van der Waals surface area contributed by atoms with Gasteiger partial charge in [-0.15, -0.1) is 0 Å². The Morgan fingerprint density at radius 1 is 0.857 bits per heavy atom. The van der Waals surface area contributed by atoms with E-state index in [1.54, 1.807) is 0 Å². The predicted octanol–water partition coefficient (Wildman–Crippen LogP) is 3.79. The molecular weight excluding hydrogens is 170 g/mol. The molecule has 0 saturated carbocycles. The van der Waals surface area contributed by atoms with Gasteiger partial charge in [0, 0.05) is 23.9 Å². The maximum absolute atomic E-state index is 2.30. The minimum Gasteiger partial charge on any atom is -0.350 e. The Morgan fingerprint density at radius 3 is 1.57 bits per heavy atom. The van der Waals surface area contributed by atoms with Crippen LogP contribution in [0.1, 0.15) is 41.5 Å². The molecule has 1 heteroatoms. The molecule has 0 bridgehead atoms. The molecule has 1 heterocycles. The van der Waals surface area contributed by atoms with Gasteiger partial charge in [0.25, 0.3) is 0 Å². The molecule has 1 aliphatic rings. The summed E-state index contributed by atoms with van der Waals surface area (Å²) in [4.78, 5) is 2.26. The summed E-state index contributed by atoms with van der Waals surface area (Å²) in [7, 11) is 0. The Kier molecular flexibility index (Phi) is 2.80. The van der Waals surface area contributed by atoms with E-state index in [9.17, 15) is 0 Å². The zero-order valence-corrected chi connectivity index (χ0v) is 10.3. The van der Waals surface area contributed by atoms with E-state index in [1.807, 2.05) is 0 Å². The third-order valence-electron chi connectivity index (χ3n) is 2.68. The van der Waals surface area contributed by atoms with Crippen molar-refractivity contribution in [2.24, 2.45) is 11.3 Å². The summed E-state index contributed by atoms with van der Waals surface area (Å²) in [6.45, 7) is 13.5. The zero-order chi connectivity index (χ0) is 11.0. The zero-order valence-electron chi connectivity index (χ0n) is 10.3. The van der Waals surface area contributed by atoms with Crippen molar-refractivity contribution in [1.29, 1.82) is 0 Å². The van der Waals surface area contributed by atoms with Crippen molar-refractivity contribution >= 4 is 0 Å².